The lowest BCUT2D eigenvalue weighted by Crippen LogP contribution is -2.29. The lowest BCUT2D eigenvalue weighted by molar-refractivity contribution is -0.137. The molecule has 0 aliphatic rings. The molecule has 0 bridgehead atoms. The highest BCUT2D eigenvalue weighted by atomic mass is 16.4. The zero-order valence-corrected chi connectivity index (χ0v) is 16.2. The fraction of sp³-hybridized carbons (Fsp3) is 0.238. The van der Waals surface area contributed by atoms with E-state index in [1.807, 2.05) is 0 Å². The quantitative estimate of drug-likeness (QED) is 0.258. The number of aromatic hydroxyl groups is 1. The van der Waals surface area contributed by atoms with Gasteiger partial charge in [-0.2, -0.15) is 0 Å². The summed E-state index contributed by atoms with van der Waals surface area (Å²) in [5.41, 5.74) is 7.10. The first-order chi connectivity index (χ1) is 14.2. The molecular formula is C21H24N4O5. The molecule has 1 unspecified atom stereocenters. The van der Waals surface area contributed by atoms with Crippen LogP contribution in [0.4, 0.5) is 5.69 Å². The number of phenols is 1. The van der Waals surface area contributed by atoms with Gasteiger partial charge in [-0.25, -0.2) is 0 Å². The van der Waals surface area contributed by atoms with Gasteiger partial charge in [0.2, 0.25) is 11.8 Å². The Morgan fingerprint density at radius 2 is 1.53 bits per heavy atom. The highest BCUT2D eigenvalue weighted by Gasteiger charge is 2.17. The number of anilines is 1. The van der Waals surface area contributed by atoms with E-state index in [1.165, 1.54) is 12.1 Å². The van der Waals surface area contributed by atoms with Crippen LogP contribution in [-0.4, -0.2) is 33.8 Å². The van der Waals surface area contributed by atoms with Gasteiger partial charge in [0.15, 0.2) is 0 Å². The smallest absolute Gasteiger partial charge is 0.303 e. The average Bonchev–Trinajstić information content (AvgIpc) is 2.70. The van der Waals surface area contributed by atoms with Crippen LogP contribution in [0.15, 0.2) is 48.5 Å². The first-order valence-corrected chi connectivity index (χ1v) is 9.29. The van der Waals surface area contributed by atoms with Gasteiger partial charge in [-0.1, -0.05) is 12.1 Å². The Morgan fingerprint density at radius 1 is 0.933 bits per heavy atom. The van der Waals surface area contributed by atoms with E-state index in [0.717, 1.165) is 0 Å². The number of nitrogens with one attached hydrogen (secondary N) is 3. The van der Waals surface area contributed by atoms with Crippen molar-refractivity contribution in [3.63, 3.8) is 0 Å². The number of hydrogen-bond acceptors (Lipinski definition) is 5. The van der Waals surface area contributed by atoms with Gasteiger partial charge in [0, 0.05) is 30.5 Å². The van der Waals surface area contributed by atoms with Gasteiger partial charge >= 0.3 is 5.97 Å². The number of aliphatic carboxylic acids is 1. The molecule has 2 aromatic rings. The number of carbonyl (C=O) groups is 3. The molecule has 7 N–H and O–H groups in total. The van der Waals surface area contributed by atoms with Crippen molar-refractivity contribution in [2.24, 2.45) is 5.73 Å². The molecule has 2 rings (SSSR count). The Balaban J connectivity index is 1.89. The first-order valence-electron chi connectivity index (χ1n) is 9.29. The van der Waals surface area contributed by atoms with Crippen LogP contribution < -0.4 is 16.4 Å². The summed E-state index contributed by atoms with van der Waals surface area (Å²) in [4.78, 5) is 35.3. The molecule has 0 saturated heterocycles. The zero-order valence-electron chi connectivity index (χ0n) is 16.2. The topological polar surface area (TPSA) is 166 Å². The number of phenolic OH excluding ortho intramolecular Hbond substituents is 1. The number of hydrogen-bond donors (Lipinski definition) is 6. The van der Waals surface area contributed by atoms with Crippen molar-refractivity contribution in [2.75, 3.05) is 5.32 Å². The lowest BCUT2D eigenvalue weighted by Gasteiger charge is -2.18. The fourth-order valence-electron chi connectivity index (χ4n) is 2.75. The molecule has 9 heteroatoms. The Kier molecular flexibility index (Phi) is 7.92. The number of carbonyl (C=O) groups excluding carboxylic acids is 2. The highest BCUT2D eigenvalue weighted by Crippen LogP contribution is 2.21. The second-order valence-corrected chi connectivity index (χ2v) is 6.68. The number of nitrogens with two attached hydrogens (primary N) is 1. The van der Waals surface area contributed by atoms with E-state index in [-0.39, 0.29) is 49.1 Å². The van der Waals surface area contributed by atoms with Crippen LogP contribution in [0.2, 0.25) is 0 Å². The summed E-state index contributed by atoms with van der Waals surface area (Å²) >= 11 is 0. The Labute approximate surface area is 173 Å². The van der Waals surface area contributed by atoms with Crippen molar-refractivity contribution < 1.29 is 24.6 Å². The fourth-order valence-corrected chi connectivity index (χ4v) is 2.75. The predicted octanol–water partition coefficient (Wildman–Crippen LogP) is 2.12. The molecule has 0 aliphatic carbocycles. The Hall–Kier alpha value is -3.88. The maximum Gasteiger partial charge on any atom is 0.303 e. The van der Waals surface area contributed by atoms with Crippen LogP contribution in [-0.2, 0) is 14.4 Å². The van der Waals surface area contributed by atoms with Crippen molar-refractivity contribution in [3.05, 3.63) is 59.7 Å². The molecule has 2 aromatic carbocycles. The standard InChI is InChI=1S/C21H24N4O5/c22-21(23)14-1-5-15(6-2-14)24-18(27)10-11-19(28)25-17(9-12-20(29)30)13-3-7-16(26)8-4-13/h1-8,17,26H,9-12H2,(H3,22,23)(H,24,27)(H,25,28)(H,29,30). The van der Waals surface area contributed by atoms with E-state index in [9.17, 15) is 19.5 Å². The summed E-state index contributed by atoms with van der Waals surface area (Å²) in [5.74, 6) is -1.73. The van der Waals surface area contributed by atoms with Crippen molar-refractivity contribution >= 4 is 29.3 Å². The number of carboxylic acid groups (broad SMARTS) is 1. The third kappa shape index (κ3) is 7.27. The monoisotopic (exact) mass is 412 g/mol. The molecule has 0 fully saturated rings. The summed E-state index contributed by atoms with van der Waals surface area (Å²) in [6, 6.07) is 12.0. The van der Waals surface area contributed by atoms with Gasteiger partial charge in [-0.05, 0) is 48.4 Å². The number of amidine groups is 1. The Bertz CT molecular complexity index is 910. The molecule has 9 nitrogen and oxygen atoms in total. The summed E-state index contributed by atoms with van der Waals surface area (Å²) in [5, 5.41) is 31.1. The highest BCUT2D eigenvalue weighted by molar-refractivity contribution is 5.96. The van der Waals surface area contributed by atoms with Crippen molar-refractivity contribution in [1.29, 1.82) is 5.41 Å². The van der Waals surface area contributed by atoms with Crippen LogP contribution in [0.1, 0.15) is 42.9 Å². The van der Waals surface area contributed by atoms with Gasteiger partial charge in [0.05, 0.1) is 6.04 Å². The van der Waals surface area contributed by atoms with E-state index in [0.29, 0.717) is 16.8 Å². The molecular weight excluding hydrogens is 388 g/mol. The maximum atomic E-state index is 12.3. The maximum absolute atomic E-state index is 12.3. The molecule has 0 saturated carbocycles. The second kappa shape index (κ2) is 10.6. The molecule has 2 amide bonds. The molecule has 0 aromatic heterocycles. The van der Waals surface area contributed by atoms with Crippen LogP contribution >= 0.6 is 0 Å². The zero-order chi connectivity index (χ0) is 22.1. The van der Waals surface area contributed by atoms with E-state index in [1.54, 1.807) is 36.4 Å². The van der Waals surface area contributed by atoms with Crippen LogP contribution in [0.5, 0.6) is 5.75 Å². The summed E-state index contributed by atoms with van der Waals surface area (Å²) in [7, 11) is 0. The van der Waals surface area contributed by atoms with Gasteiger partial charge < -0.3 is 26.6 Å². The largest absolute Gasteiger partial charge is 0.508 e. The number of nitrogen functional groups attached to an aromatic ring is 1. The van der Waals surface area contributed by atoms with Crippen LogP contribution in [0.25, 0.3) is 0 Å². The van der Waals surface area contributed by atoms with Gasteiger partial charge in [-0.15, -0.1) is 0 Å². The summed E-state index contributed by atoms with van der Waals surface area (Å²) < 4.78 is 0. The predicted molar refractivity (Wildman–Crippen MR) is 111 cm³/mol. The van der Waals surface area contributed by atoms with E-state index in [4.69, 9.17) is 16.2 Å². The van der Waals surface area contributed by atoms with Crippen molar-refractivity contribution in [2.45, 2.75) is 31.7 Å². The molecule has 0 aliphatic heterocycles. The van der Waals surface area contributed by atoms with Gasteiger partial charge in [0.25, 0.3) is 0 Å². The molecule has 0 spiro atoms. The van der Waals surface area contributed by atoms with Crippen molar-refractivity contribution in [3.8, 4) is 5.75 Å². The molecule has 0 heterocycles. The Morgan fingerprint density at radius 3 is 2.10 bits per heavy atom. The SMILES string of the molecule is N=C(N)c1ccc(NC(=O)CCC(=O)NC(CCC(=O)O)c2ccc(O)cc2)cc1. The normalized spacial score (nSPS) is 11.3. The molecule has 1 atom stereocenters. The first kappa shape index (κ1) is 22.4. The van der Waals surface area contributed by atoms with Crippen molar-refractivity contribution in [1.82, 2.24) is 5.32 Å². The summed E-state index contributed by atoms with van der Waals surface area (Å²) in [6.07, 6.45) is -0.0797. The minimum absolute atomic E-state index is 0.0540. The van der Waals surface area contributed by atoms with Crippen LogP contribution in [0, 0.1) is 5.41 Å². The molecule has 158 valence electrons. The molecule has 0 radical (unpaired) electrons. The van der Waals surface area contributed by atoms with E-state index >= 15 is 0 Å². The number of amides is 2. The van der Waals surface area contributed by atoms with Gasteiger partial charge in [0.1, 0.15) is 11.6 Å². The lowest BCUT2D eigenvalue weighted by atomic mass is 10.0. The number of carboxylic acids is 1. The van der Waals surface area contributed by atoms with E-state index < -0.39 is 12.0 Å². The third-order valence-corrected chi connectivity index (χ3v) is 4.34. The summed E-state index contributed by atoms with van der Waals surface area (Å²) in [6.45, 7) is 0. The number of rotatable bonds is 10. The second-order valence-electron chi connectivity index (χ2n) is 6.68. The minimum atomic E-state index is -0.983. The average molecular weight is 412 g/mol. The van der Waals surface area contributed by atoms with Gasteiger partial charge in [-0.3, -0.25) is 19.8 Å². The third-order valence-electron chi connectivity index (χ3n) is 4.34. The minimum Gasteiger partial charge on any atom is -0.508 e. The number of benzene rings is 2. The van der Waals surface area contributed by atoms with Crippen LogP contribution in [0.3, 0.4) is 0 Å². The van der Waals surface area contributed by atoms with E-state index in [2.05, 4.69) is 10.6 Å². The molecule has 30 heavy (non-hydrogen) atoms.